The van der Waals surface area contributed by atoms with E-state index in [-0.39, 0.29) is 0 Å². The van der Waals surface area contributed by atoms with Crippen molar-refractivity contribution in [3.05, 3.63) is 22.6 Å². The van der Waals surface area contributed by atoms with Crippen molar-refractivity contribution in [2.45, 2.75) is 6.92 Å². The summed E-state index contributed by atoms with van der Waals surface area (Å²) < 4.78 is 0. The molecule has 0 fully saturated rings. The molecule has 54 valence electrons. The summed E-state index contributed by atoms with van der Waals surface area (Å²) in [7, 11) is 0. The Morgan fingerprint density at radius 3 is 2.91 bits per heavy atom. The maximum atomic E-state index is 4.11. The van der Waals surface area contributed by atoms with Gasteiger partial charge >= 0.3 is 0 Å². The molecule has 1 aliphatic rings. The van der Waals surface area contributed by atoms with E-state index in [1.807, 2.05) is 6.92 Å². The van der Waals surface area contributed by atoms with Crippen LogP contribution in [0.25, 0.3) is 12.3 Å². The number of hydrogen-bond donors (Lipinski definition) is 0. The second-order valence-corrected chi connectivity index (χ2v) is 2.42. The van der Waals surface area contributed by atoms with Crippen molar-refractivity contribution in [2.24, 2.45) is 4.99 Å². The molecule has 0 saturated heterocycles. The van der Waals surface area contributed by atoms with Crippen LogP contribution in [0.1, 0.15) is 12.6 Å². The van der Waals surface area contributed by atoms with Gasteiger partial charge in [-0.3, -0.25) is 4.99 Å². The monoisotopic (exact) mass is 145 g/mol. The molecular formula is C8H7N3. The van der Waals surface area contributed by atoms with Crippen molar-refractivity contribution in [1.29, 1.82) is 0 Å². The first-order chi connectivity index (χ1) is 5.29. The van der Waals surface area contributed by atoms with Crippen LogP contribution in [0.3, 0.4) is 0 Å². The van der Waals surface area contributed by atoms with E-state index in [1.54, 1.807) is 6.21 Å². The van der Waals surface area contributed by atoms with Crippen LogP contribution in [-0.2, 0) is 0 Å². The molecule has 0 saturated carbocycles. The minimum absolute atomic E-state index is 0.755. The highest BCUT2D eigenvalue weighted by molar-refractivity contribution is 5.85. The van der Waals surface area contributed by atoms with Gasteiger partial charge in [0, 0.05) is 10.9 Å². The van der Waals surface area contributed by atoms with Crippen molar-refractivity contribution in [1.82, 2.24) is 9.97 Å². The highest BCUT2D eigenvalue weighted by atomic mass is 14.9. The lowest BCUT2D eigenvalue weighted by Crippen LogP contribution is -2.30. The minimum Gasteiger partial charge on any atom is -0.259 e. The largest absolute Gasteiger partial charge is 0.259 e. The van der Waals surface area contributed by atoms with Gasteiger partial charge in [-0.15, -0.1) is 0 Å². The van der Waals surface area contributed by atoms with E-state index in [9.17, 15) is 0 Å². The normalized spacial score (nSPS) is 13.7. The van der Waals surface area contributed by atoms with Crippen molar-refractivity contribution in [2.75, 3.05) is 0 Å². The predicted molar refractivity (Wildman–Crippen MR) is 43.5 cm³/mol. The van der Waals surface area contributed by atoms with E-state index >= 15 is 0 Å². The fraction of sp³-hybridized carbons (Fsp3) is 0.125. The van der Waals surface area contributed by atoms with Crippen LogP contribution in [-0.4, -0.2) is 16.2 Å². The van der Waals surface area contributed by atoms with E-state index in [4.69, 9.17) is 0 Å². The van der Waals surface area contributed by atoms with Gasteiger partial charge in [-0.25, -0.2) is 9.97 Å². The molecule has 0 aromatic carbocycles. The van der Waals surface area contributed by atoms with E-state index in [2.05, 4.69) is 21.5 Å². The fourth-order valence-corrected chi connectivity index (χ4v) is 1.15. The molecule has 0 bridgehead atoms. The Bertz CT molecular complexity index is 431. The lowest BCUT2D eigenvalue weighted by Gasteiger charge is -1.88. The molecule has 0 amide bonds. The molecular weight excluding hydrogens is 138 g/mol. The number of nitrogens with zero attached hydrogens (tertiary/aromatic N) is 3. The summed E-state index contributed by atoms with van der Waals surface area (Å²) in [4.78, 5) is 12.1. The molecule has 1 aromatic heterocycles. The summed E-state index contributed by atoms with van der Waals surface area (Å²) in [5.74, 6) is 0. The van der Waals surface area contributed by atoms with Crippen molar-refractivity contribution >= 4 is 18.5 Å². The third-order valence-corrected chi connectivity index (χ3v) is 1.70. The van der Waals surface area contributed by atoms with Crippen LogP contribution in [0.5, 0.6) is 0 Å². The lowest BCUT2D eigenvalue weighted by molar-refractivity contribution is 1.09. The molecule has 0 aliphatic carbocycles. The summed E-state index contributed by atoms with van der Waals surface area (Å²) in [6.45, 7) is 5.72. The fourth-order valence-electron chi connectivity index (χ4n) is 1.15. The van der Waals surface area contributed by atoms with Crippen LogP contribution in [0.4, 0.5) is 0 Å². The Kier molecular flexibility index (Phi) is 1.12. The summed E-state index contributed by atoms with van der Waals surface area (Å²) in [5, 5.41) is 1.73. The number of aliphatic imine (C=N–C) groups is 1. The zero-order valence-corrected chi connectivity index (χ0v) is 6.20. The molecule has 0 atom stereocenters. The second-order valence-electron chi connectivity index (χ2n) is 2.42. The molecule has 0 radical (unpaired) electrons. The number of rotatable bonds is 0. The second kappa shape index (κ2) is 1.99. The summed E-state index contributed by atoms with van der Waals surface area (Å²) >= 11 is 0. The van der Waals surface area contributed by atoms with Gasteiger partial charge < -0.3 is 0 Å². The molecule has 1 aliphatic heterocycles. The molecule has 11 heavy (non-hydrogen) atoms. The zero-order chi connectivity index (χ0) is 7.84. The molecule has 3 nitrogen and oxygen atoms in total. The van der Waals surface area contributed by atoms with Gasteiger partial charge in [0.25, 0.3) is 0 Å². The zero-order valence-electron chi connectivity index (χ0n) is 6.20. The van der Waals surface area contributed by atoms with Crippen LogP contribution < -0.4 is 10.6 Å². The van der Waals surface area contributed by atoms with Gasteiger partial charge in [0.15, 0.2) is 0 Å². The number of fused-ring (bicyclic) bond motifs is 1. The third kappa shape index (κ3) is 0.774. The SMILES string of the molecule is C=c1ncnc2c1=C(C)N=C2. The van der Waals surface area contributed by atoms with E-state index < -0.39 is 0 Å². The minimum atomic E-state index is 0.755. The van der Waals surface area contributed by atoms with Crippen LogP contribution in [0, 0.1) is 0 Å². The first-order valence-electron chi connectivity index (χ1n) is 3.34. The standard InChI is InChI=1S/C8H7N3/c1-5-8-6(2)10-4-11-7(8)3-9-5/h3-4H,2H2,1H3. The average Bonchev–Trinajstić information content (AvgIpc) is 2.34. The third-order valence-electron chi connectivity index (χ3n) is 1.70. The Hall–Kier alpha value is -1.51. The number of hydrogen-bond acceptors (Lipinski definition) is 3. The topological polar surface area (TPSA) is 38.1 Å². The quantitative estimate of drug-likeness (QED) is 0.491. The van der Waals surface area contributed by atoms with Gasteiger partial charge in [-0.2, -0.15) is 0 Å². The number of aromatic nitrogens is 2. The molecule has 1 aromatic rings. The molecule has 3 heteroatoms. The predicted octanol–water partition coefficient (Wildman–Crippen LogP) is -0.552. The Balaban J connectivity index is 3.03. The van der Waals surface area contributed by atoms with Gasteiger partial charge in [0.05, 0.1) is 17.3 Å². The molecule has 0 N–H and O–H groups in total. The highest BCUT2D eigenvalue weighted by Crippen LogP contribution is 1.97. The Labute approximate surface area is 63.8 Å². The van der Waals surface area contributed by atoms with Crippen LogP contribution in [0.2, 0.25) is 0 Å². The lowest BCUT2D eigenvalue weighted by atomic mass is 10.3. The van der Waals surface area contributed by atoms with Crippen molar-refractivity contribution in [3.63, 3.8) is 0 Å². The first kappa shape index (κ1) is 6.22. The summed E-state index contributed by atoms with van der Waals surface area (Å²) in [6.07, 6.45) is 3.24. The smallest absolute Gasteiger partial charge is 0.116 e. The van der Waals surface area contributed by atoms with Crippen LogP contribution in [0.15, 0.2) is 11.3 Å². The molecule has 2 rings (SSSR count). The highest BCUT2D eigenvalue weighted by Gasteiger charge is 2.03. The molecule has 0 spiro atoms. The van der Waals surface area contributed by atoms with Gasteiger partial charge in [-0.1, -0.05) is 6.58 Å². The summed E-state index contributed by atoms with van der Waals surface area (Å²) in [5.41, 5.74) is 1.83. The van der Waals surface area contributed by atoms with Gasteiger partial charge in [0.1, 0.15) is 6.33 Å². The van der Waals surface area contributed by atoms with Crippen LogP contribution >= 0.6 is 0 Å². The summed E-state index contributed by atoms with van der Waals surface area (Å²) in [6, 6.07) is 0. The maximum Gasteiger partial charge on any atom is 0.116 e. The van der Waals surface area contributed by atoms with Gasteiger partial charge in [0.2, 0.25) is 0 Å². The Morgan fingerprint density at radius 2 is 2.18 bits per heavy atom. The molecule has 2 heterocycles. The van der Waals surface area contributed by atoms with E-state index in [1.165, 1.54) is 6.33 Å². The van der Waals surface area contributed by atoms with E-state index in [0.717, 1.165) is 22.0 Å². The van der Waals surface area contributed by atoms with Crippen molar-refractivity contribution < 1.29 is 0 Å². The van der Waals surface area contributed by atoms with Gasteiger partial charge in [-0.05, 0) is 6.92 Å². The van der Waals surface area contributed by atoms with Crippen molar-refractivity contribution in [3.8, 4) is 0 Å². The average molecular weight is 145 g/mol. The maximum absolute atomic E-state index is 4.11. The Morgan fingerprint density at radius 1 is 1.36 bits per heavy atom. The van der Waals surface area contributed by atoms with E-state index in [0.29, 0.717) is 0 Å². The first-order valence-corrected chi connectivity index (χ1v) is 3.34. The molecule has 0 unspecified atom stereocenters.